The average Bonchev–Trinajstić information content (AvgIpc) is 2.69. The third-order valence-corrected chi connectivity index (χ3v) is 3.88. The molecule has 2 rings (SSSR count). The number of hydrogen-bond donors (Lipinski definition) is 2. The van der Waals surface area contributed by atoms with E-state index in [4.69, 9.17) is 5.73 Å². The lowest BCUT2D eigenvalue weighted by Gasteiger charge is -2.29. The van der Waals surface area contributed by atoms with E-state index in [0.29, 0.717) is 18.7 Å². The molecule has 3 nitrogen and oxygen atoms in total. The summed E-state index contributed by atoms with van der Waals surface area (Å²) in [5.74, 6) is -0.520. The lowest BCUT2D eigenvalue weighted by Crippen LogP contribution is -2.27. The molecule has 1 aromatic heterocycles. The lowest BCUT2D eigenvalue weighted by molar-refractivity contribution is -0.182. The molecule has 1 heterocycles. The van der Waals surface area contributed by atoms with Gasteiger partial charge in [-0.05, 0) is 32.1 Å². The average molecular weight is 261 g/mol. The molecule has 3 N–H and O–H groups in total. The minimum absolute atomic E-state index is 0.142. The summed E-state index contributed by atoms with van der Waals surface area (Å²) in [4.78, 5) is 0. The highest BCUT2D eigenvalue weighted by Crippen LogP contribution is 2.43. The molecule has 1 saturated carbocycles. The van der Waals surface area contributed by atoms with E-state index >= 15 is 0 Å². The van der Waals surface area contributed by atoms with Crippen LogP contribution in [0, 0.1) is 5.92 Å². The van der Waals surface area contributed by atoms with E-state index in [1.54, 1.807) is 0 Å². The molecular formula is C12H18F3N3. The van der Waals surface area contributed by atoms with Gasteiger partial charge in [0.15, 0.2) is 0 Å². The van der Waals surface area contributed by atoms with Crippen molar-refractivity contribution in [2.45, 2.75) is 51.1 Å². The third kappa shape index (κ3) is 2.47. The molecule has 0 atom stereocenters. The van der Waals surface area contributed by atoms with Gasteiger partial charge in [0.2, 0.25) is 0 Å². The highest BCUT2D eigenvalue weighted by atomic mass is 19.4. The molecule has 0 aromatic carbocycles. The maximum Gasteiger partial charge on any atom is 0.391 e. The van der Waals surface area contributed by atoms with Gasteiger partial charge in [0, 0.05) is 17.2 Å². The molecule has 1 aromatic rings. The molecule has 18 heavy (non-hydrogen) atoms. The zero-order valence-corrected chi connectivity index (χ0v) is 10.3. The first-order valence-electron chi connectivity index (χ1n) is 6.32. The van der Waals surface area contributed by atoms with Gasteiger partial charge < -0.3 is 5.73 Å². The smallest absolute Gasteiger partial charge is 0.382 e. The van der Waals surface area contributed by atoms with Crippen LogP contribution >= 0.6 is 0 Å². The quantitative estimate of drug-likeness (QED) is 0.857. The number of alkyl halides is 3. The number of nitrogens with one attached hydrogen (secondary N) is 1. The normalized spacial score (nSPS) is 25.3. The first-order chi connectivity index (χ1) is 8.43. The van der Waals surface area contributed by atoms with E-state index in [-0.39, 0.29) is 18.8 Å². The molecule has 0 unspecified atom stereocenters. The van der Waals surface area contributed by atoms with Crippen LogP contribution in [0.25, 0.3) is 0 Å². The van der Waals surface area contributed by atoms with E-state index in [9.17, 15) is 13.2 Å². The van der Waals surface area contributed by atoms with Crippen LogP contribution in [0.3, 0.4) is 0 Å². The number of nitrogens with two attached hydrogens (primary N) is 1. The van der Waals surface area contributed by atoms with Gasteiger partial charge in [0.25, 0.3) is 0 Å². The molecule has 1 fully saturated rings. The molecule has 0 radical (unpaired) electrons. The van der Waals surface area contributed by atoms with Gasteiger partial charge >= 0.3 is 6.18 Å². The standard InChI is InChI=1S/C12H18F3N3/c1-2-9-10(17-18-11(9)16)7-3-5-8(6-4-7)12(13,14)15/h7-8H,2-6H2,1H3,(H3,16,17,18). The topological polar surface area (TPSA) is 54.7 Å². The van der Waals surface area contributed by atoms with Crippen molar-refractivity contribution in [3.8, 4) is 0 Å². The summed E-state index contributed by atoms with van der Waals surface area (Å²) in [5, 5.41) is 6.85. The van der Waals surface area contributed by atoms with Gasteiger partial charge in [-0.1, -0.05) is 6.92 Å². The highest BCUT2D eigenvalue weighted by Gasteiger charge is 2.42. The Morgan fingerprint density at radius 2 is 1.89 bits per heavy atom. The molecule has 0 aliphatic heterocycles. The Balaban J connectivity index is 2.06. The summed E-state index contributed by atoms with van der Waals surface area (Å²) in [5.41, 5.74) is 7.64. The Hall–Kier alpha value is -1.20. The molecule has 1 aliphatic rings. The van der Waals surface area contributed by atoms with Crippen LogP contribution in [0.5, 0.6) is 0 Å². The number of anilines is 1. The first kappa shape index (κ1) is 13.2. The number of hydrogen-bond acceptors (Lipinski definition) is 2. The first-order valence-corrected chi connectivity index (χ1v) is 6.32. The Morgan fingerprint density at radius 3 is 2.39 bits per heavy atom. The van der Waals surface area contributed by atoms with Crippen LogP contribution < -0.4 is 5.73 Å². The number of H-pyrrole nitrogens is 1. The number of aromatic amines is 1. The Bertz CT molecular complexity index is 403. The molecule has 0 spiro atoms. The monoisotopic (exact) mass is 261 g/mol. The van der Waals surface area contributed by atoms with Crippen LogP contribution in [0.1, 0.15) is 49.8 Å². The van der Waals surface area contributed by atoms with Gasteiger partial charge in [0.1, 0.15) is 5.82 Å². The van der Waals surface area contributed by atoms with Crippen molar-refractivity contribution >= 4 is 5.82 Å². The van der Waals surface area contributed by atoms with Gasteiger partial charge in [0.05, 0.1) is 5.92 Å². The Labute approximate surface area is 104 Å². The minimum Gasteiger partial charge on any atom is -0.382 e. The van der Waals surface area contributed by atoms with E-state index in [2.05, 4.69) is 10.2 Å². The summed E-state index contributed by atoms with van der Waals surface area (Å²) in [7, 11) is 0. The fourth-order valence-corrected chi connectivity index (χ4v) is 2.81. The second kappa shape index (κ2) is 4.82. The second-order valence-corrected chi connectivity index (χ2v) is 4.94. The van der Waals surface area contributed by atoms with Crippen LogP contribution in [0.15, 0.2) is 0 Å². The predicted octanol–water partition coefficient (Wildman–Crippen LogP) is 3.39. The summed E-state index contributed by atoms with van der Waals surface area (Å²) >= 11 is 0. The minimum atomic E-state index is -4.05. The SMILES string of the molecule is CCc1c(N)n[nH]c1C1CCC(C(F)(F)F)CC1. The van der Waals surface area contributed by atoms with E-state index < -0.39 is 12.1 Å². The molecule has 102 valence electrons. The van der Waals surface area contributed by atoms with Crippen molar-refractivity contribution in [2.75, 3.05) is 5.73 Å². The molecule has 0 saturated heterocycles. The van der Waals surface area contributed by atoms with E-state index in [0.717, 1.165) is 17.7 Å². The number of halogens is 3. The van der Waals surface area contributed by atoms with Crippen LogP contribution in [-0.4, -0.2) is 16.4 Å². The molecule has 0 amide bonds. The third-order valence-electron chi connectivity index (χ3n) is 3.88. The van der Waals surface area contributed by atoms with Crippen molar-refractivity contribution in [3.05, 3.63) is 11.3 Å². The summed E-state index contributed by atoms with van der Waals surface area (Å²) in [6.07, 6.45) is -1.77. The maximum absolute atomic E-state index is 12.6. The largest absolute Gasteiger partial charge is 0.391 e. The predicted molar refractivity (Wildman–Crippen MR) is 63.1 cm³/mol. The van der Waals surface area contributed by atoms with Crippen LogP contribution in [0.2, 0.25) is 0 Å². The van der Waals surface area contributed by atoms with E-state index in [1.807, 2.05) is 6.92 Å². The number of aromatic nitrogens is 2. The summed E-state index contributed by atoms with van der Waals surface area (Å²) in [6, 6.07) is 0. The maximum atomic E-state index is 12.6. The molecule has 0 bridgehead atoms. The number of nitrogen functional groups attached to an aromatic ring is 1. The van der Waals surface area contributed by atoms with Gasteiger partial charge in [-0.2, -0.15) is 18.3 Å². The Morgan fingerprint density at radius 1 is 1.28 bits per heavy atom. The summed E-state index contributed by atoms with van der Waals surface area (Å²) in [6.45, 7) is 1.98. The number of rotatable bonds is 2. The van der Waals surface area contributed by atoms with Crippen molar-refractivity contribution in [1.29, 1.82) is 0 Å². The van der Waals surface area contributed by atoms with Crippen molar-refractivity contribution < 1.29 is 13.2 Å². The second-order valence-electron chi connectivity index (χ2n) is 4.94. The summed E-state index contributed by atoms with van der Waals surface area (Å²) < 4.78 is 37.7. The molecular weight excluding hydrogens is 243 g/mol. The van der Waals surface area contributed by atoms with Crippen molar-refractivity contribution in [3.63, 3.8) is 0 Å². The number of nitrogens with zero attached hydrogens (tertiary/aromatic N) is 1. The van der Waals surface area contributed by atoms with Crippen LogP contribution in [-0.2, 0) is 6.42 Å². The van der Waals surface area contributed by atoms with E-state index in [1.165, 1.54) is 0 Å². The zero-order chi connectivity index (χ0) is 13.3. The lowest BCUT2D eigenvalue weighted by atomic mass is 9.79. The highest BCUT2D eigenvalue weighted by molar-refractivity contribution is 5.43. The van der Waals surface area contributed by atoms with Gasteiger partial charge in [-0.3, -0.25) is 5.10 Å². The van der Waals surface area contributed by atoms with Crippen molar-refractivity contribution in [2.24, 2.45) is 5.92 Å². The van der Waals surface area contributed by atoms with Crippen molar-refractivity contribution in [1.82, 2.24) is 10.2 Å². The molecule has 1 aliphatic carbocycles. The fourth-order valence-electron chi connectivity index (χ4n) is 2.81. The zero-order valence-electron chi connectivity index (χ0n) is 10.3. The fraction of sp³-hybridized carbons (Fsp3) is 0.750. The van der Waals surface area contributed by atoms with Gasteiger partial charge in [-0.25, -0.2) is 0 Å². The van der Waals surface area contributed by atoms with Crippen LogP contribution in [0.4, 0.5) is 19.0 Å². The Kier molecular flexibility index (Phi) is 3.54. The van der Waals surface area contributed by atoms with Gasteiger partial charge in [-0.15, -0.1) is 0 Å². The molecule has 6 heteroatoms.